The van der Waals surface area contributed by atoms with Gasteiger partial charge in [0.1, 0.15) is 6.04 Å². The van der Waals surface area contributed by atoms with E-state index in [0.717, 1.165) is 6.42 Å². The molecule has 0 aromatic heterocycles. The highest BCUT2D eigenvalue weighted by molar-refractivity contribution is 5.82. The zero-order chi connectivity index (χ0) is 13.3. The molecule has 0 aliphatic heterocycles. The van der Waals surface area contributed by atoms with Crippen molar-refractivity contribution in [3.8, 4) is 0 Å². The first-order valence-corrected chi connectivity index (χ1v) is 5.56. The zero-order valence-corrected chi connectivity index (χ0v) is 10.1. The van der Waals surface area contributed by atoms with Crippen molar-refractivity contribution in [1.29, 1.82) is 0 Å². The summed E-state index contributed by atoms with van der Waals surface area (Å²) in [5, 5.41) is 19.9. The average molecular weight is 244 g/mol. The van der Waals surface area contributed by atoms with E-state index in [4.69, 9.17) is 10.2 Å². The molecule has 0 saturated heterocycles. The van der Waals surface area contributed by atoms with Crippen molar-refractivity contribution in [2.75, 3.05) is 19.7 Å². The largest absolute Gasteiger partial charge is 0.480 e. The topological polar surface area (TPSA) is 89.9 Å². The van der Waals surface area contributed by atoms with Gasteiger partial charge in [0, 0.05) is 26.1 Å². The van der Waals surface area contributed by atoms with Crippen LogP contribution in [0.15, 0.2) is 12.7 Å². The van der Waals surface area contributed by atoms with Crippen LogP contribution in [0.5, 0.6) is 0 Å². The predicted octanol–water partition coefficient (Wildman–Crippen LogP) is 0.430. The van der Waals surface area contributed by atoms with E-state index in [1.54, 1.807) is 6.08 Å². The van der Waals surface area contributed by atoms with Crippen molar-refractivity contribution in [2.45, 2.75) is 25.8 Å². The molecule has 6 nitrogen and oxygen atoms in total. The molecule has 0 heterocycles. The molecule has 0 aliphatic carbocycles. The minimum Gasteiger partial charge on any atom is -0.480 e. The Balaban J connectivity index is 4.43. The number of carboxylic acid groups (broad SMARTS) is 1. The van der Waals surface area contributed by atoms with Gasteiger partial charge in [0.15, 0.2) is 0 Å². The first-order valence-electron chi connectivity index (χ1n) is 5.56. The fourth-order valence-electron chi connectivity index (χ4n) is 1.33. The molecule has 98 valence electrons. The number of hydrogen-bond donors (Lipinski definition) is 3. The molecule has 2 amide bonds. The highest BCUT2D eigenvalue weighted by atomic mass is 16.4. The van der Waals surface area contributed by atoms with Gasteiger partial charge in [-0.3, -0.25) is 0 Å². The van der Waals surface area contributed by atoms with Crippen molar-refractivity contribution in [2.24, 2.45) is 0 Å². The van der Waals surface area contributed by atoms with Crippen LogP contribution >= 0.6 is 0 Å². The predicted molar refractivity (Wildman–Crippen MR) is 63.7 cm³/mol. The second-order valence-corrected chi connectivity index (χ2v) is 3.59. The molecule has 3 N–H and O–H groups in total. The summed E-state index contributed by atoms with van der Waals surface area (Å²) in [5.41, 5.74) is 0. The third-order valence-electron chi connectivity index (χ3n) is 2.14. The minimum absolute atomic E-state index is 0.00483. The maximum atomic E-state index is 11.7. The molecule has 0 aliphatic rings. The molecule has 1 atom stereocenters. The number of aliphatic carboxylic acids is 1. The van der Waals surface area contributed by atoms with Gasteiger partial charge in [-0.15, -0.1) is 6.58 Å². The number of carbonyl (C=O) groups excluding carboxylic acids is 1. The molecule has 0 aromatic rings. The lowest BCUT2D eigenvalue weighted by molar-refractivity contribution is -0.139. The van der Waals surface area contributed by atoms with Crippen LogP contribution in [0.1, 0.15) is 19.8 Å². The van der Waals surface area contributed by atoms with Gasteiger partial charge < -0.3 is 20.4 Å². The zero-order valence-electron chi connectivity index (χ0n) is 10.1. The molecule has 0 radical (unpaired) electrons. The van der Waals surface area contributed by atoms with Crippen molar-refractivity contribution in [3.05, 3.63) is 12.7 Å². The highest BCUT2D eigenvalue weighted by Crippen LogP contribution is 1.97. The molecule has 0 saturated carbocycles. The van der Waals surface area contributed by atoms with Crippen LogP contribution in [0, 0.1) is 0 Å². The molecule has 0 fully saturated rings. The van der Waals surface area contributed by atoms with E-state index in [0.29, 0.717) is 13.1 Å². The SMILES string of the molecule is C=CCN(CCC)C(=O)N[C@@H](CCO)C(=O)O. The Kier molecular flexibility index (Phi) is 7.79. The van der Waals surface area contributed by atoms with Gasteiger partial charge in [-0.25, -0.2) is 9.59 Å². The van der Waals surface area contributed by atoms with E-state index in [2.05, 4.69) is 11.9 Å². The molecule has 0 rings (SSSR count). The summed E-state index contributed by atoms with van der Waals surface area (Å²) in [7, 11) is 0. The monoisotopic (exact) mass is 244 g/mol. The Labute approximate surface area is 101 Å². The summed E-state index contributed by atoms with van der Waals surface area (Å²) in [4.78, 5) is 24.0. The Morgan fingerprint density at radius 3 is 2.59 bits per heavy atom. The number of aliphatic hydroxyl groups excluding tert-OH is 1. The molecule has 0 aromatic carbocycles. The van der Waals surface area contributed by atoms with Gasteiger partial charge in [-0.05, 0) is 6.42 Å². The normalized spacial score (nSPS) is 11.6. The maximum Gasteiger partial charge on any atom is 0.326 e. The van der Waals surface area contributed by atoms with Crippen LogP contribution in [0.25, 0.3) is 0 Å². The Bertz CT molecular complexity index is 268. The Morgan fingerprint density at radius 2 is 2.18 bits per heavy atom. The summed E-state index contributed by atoms with van der Waals surface area (Å²) in [6.45, 7) is 6.07. The number of aliphatic hydroxyl groups is 1. The van der Waals surface area contributed by atoms with Crippen LogP contribution in [-0.4, -0.2) is 52.9 Å². The van der Waals surface area contributed by atoms with Crippen LogP contribution < -0.4 is 5.32 Å². The fourth-order valence-corrected chi connectivity index (χ4v) is 1.33. The maximum absolute atomic E-state index is 11.7. The van der Waals surface area contributed by atoms with Crippen molar-refractivity contribution in [3.63, 3.8) is 0 Å². The molecular weight excluding hydrogens is 224 g/mol. The van der Waals surface area contributed by atoms with E-state index < -0.39 is 18.0 Å². The summed E-state index contributed by atoms with van der Waals surface area (Å²) in [6.07, 6.45) is 2.35. The highest BCUT2D eigenvalue weighted by Gasteiger charge is 2.21. The van der Waals surface area contributed by atoms with Gasteiger partial charge in [0.05, 0.1) is 0 Å². The third kappa shape index (κ3) is 5.91. The lowest BCUT2D eigenvalue weighted by Crippen LogP contribution is -2.48. The van der Waals surface area contributed by atoms with Crippen LogP contribution in [0.2, 0.25) is 0 Å². The summed E-state index contributed by atoms with van der Waals surface area (Å²) < 4.78 is 0. The Morgan fingerprint density at radius 1 is 1.53 bits per heavy atom. The molecule has 0 unspecified atom stereocenters. The average Bonchev–Trinajstić information content (AvgIpc) is 2.28. The van der Waals surface area contributed by atoms with Crippen molar-refractivity contribution < 1.29 is 19.8 Å². The lowest BCUT2D eigenvalue weighted by Gasteiger charge is -2.23. The Hall–Kier alpha value is -1.56. The molecule has 0 bridgehead atoms. The van der Waals surface area contributed by atoms with Crippen LogP contribution in [0.3, 0.4) is 0 Å². The number of hydrogen-bond acceptors (Lipinski definition) is 3. The molecular formula is C11H20N2O4. The van der Waals surface area contributed by atoms with E-state index in [1.165, 1.54) is 4.90 Å². The first kappa shape index (κ1) is 15.4. The number of nitrogens with one attached hydrogen (secondary N) is 1. The smallest absolute Gasteiger partial charge is 0.326 e. The van der Waals surface area contributed by atoms with Crippen LogP contribution in [0.4, 0.5) is 4.79 Å². The van der Waals surface area contributed by atoms with Gasteiger partial charge in [-0.1, -0.05) is 13.0 Å². The molecule has 17 heavy (non-hydrogen) atoms. The summed E-state index contributed by atoms with van der Waals surface area (Å²) in [6, 6.07) is -1.51. The van der Waals surface area contributed by atoms with E-state index >= 15 is 0 Å². The fraction of sp³-hybridized carbons (Fsp3) is 0.636. The van der Waals surface area contributed by atoms with E-state index in [1.807, 2.05) is 6.92 Å². The third-order valence-corrected chi connectivity index (χ3v) is 2.14. The minimum atomic E-state index is -1.15. The van der Waals surface area contributed by atoms with E-state index in [-0.39, 0.29) is 13.0 Å². The number of carboxylic acids is 1. The van der Waals surface area contributed by atoms with E-state index in [9.17, 15) is 9.59 Å². The molecule has 6 heteroatoms. The van der Waals surface area contributed by atoms with Gasteiger partial charge in [0.2, 0.25) is 0 Å². The number of carbonyl (C=O) groups is 2. The lowest BCUT2D eigenvalue weighted by atomic mass is 10.2. The summed E-state index contributed by atoms with van der Waals surface area (Å²) in [5.74, 6) is -1.15. The van der Waals surface area contributed by atoms with Gasteiger partial charge in [0.25, 0.3) is 0 Å². The number of urea groups is 1. The van der Waals surface area contributed by atoms with Crippen molar-refractivity contribution in [1.82, 2.24) is 10.2 Å². The second kappa shape index (κ2) is 8.58. The standard InChI is InChI=1S/C11H20N2O4/c1-3-6-13(7-4-2)11(17)12-9(5-8-14)10(15)16/h3,9,14H,1,4-8H2,2H3,(H,12,17)(H,15,16)/t9-/m0/s1. The quantitative estimate of drug-likeness (QED) is 0.540. The first-order chi connectivity index (χ1) is 8.06. The van der Waals surface area contributed by atoms with Crippen LogP contribution in [-0.2, 0) is 4.79 Å². The van der Waals surface area contributed by atoms with Gasteiger partial charge >= 0.3 is 12.0 Å². The van der Waals surface area contributed by atoms with Gasteiger partial charge in [-0.2, -0.15) is 0 Å². The second-order valence-electron chi connectivity index (χ2n) is 3.59. The summed E-state index contributed by atoms with van der Waals surface area (Å²) >= 11 is 0. The number of rotatable bonds is 8. The van der Waals surface area contributed by atoms with Crippen molar-refractivity contribution >= 4 is 12.0 Å². The number of nitrogens with zero attached hydrogens (tertiary/aromatic N) is 1. The molecule has 0 spiro atoms. The number of amides is 2.